The number of hydrogen-bond acceptors (Lipinski definition) is 5. The highest BCUT2D eigenvalue weighted by Gasteiger charge is 2.39. The van der Waals surface area contributed by atoms with Gasteiger partial charge in [-0.15, -0.1) is 0 Å². The van der Waals surface area contributed by atoms with Crippen LogP contribution in [0.3, 0.4) is 0 Å². The maximum Gasteiger partial charge on any atom is 0.435 e. The summed E-state index contributed by atoms with van der Waals surface area (Å²) in [6.45, 7) is 0.406. The Morgan fingerprint density at radius 1 is 1.29 bits per heavy atom. The molecule has 1 amide bonds. The standard InChI is InChI=1S/C18H20F3N3O4/c1-26-13-4-3-5-14(27-2)15(13)17(25)22-7-8-24-12-6-9-28-10-11(12)16(23-24)18(19,20)21/h3-5H,6-10H2,1-2H3,(H,22,25). The van der Waals surface area contributed by atoms with E-state index in [4.69, 9.17) is 14.2 Å². The molecule has 7 nitrogen and oxygen atoms in total. The zero-order chi connectivity index (χ0) is 20.3. The van der Waals surface area contributed by atoms with Crippen molar-refractivity contribution in [2.75, 3.05) is 27.4 Å². The van der Waals surface area contributed by atoms with Gasteiger partial charge in [-0.1, -0.05) is 6.07 Å². The average Bonchev–Trinajstić information content (AvgIpc) is 3.06. The minimum atomic E-state index is -4.55. The van der Waals surface area contributed by atoms with Gasteiger partial charge in [-0.3, -0.25) is 9.48 Å². The number of nitrogens with one attached hydrogen (secondary N) is 1. The van der Waals surface area contributed by atoms with Crippen LogP contribution in [0.25, 0.3) is 0 Å². The van der Waals surface area contributed by atoms with Gasteiger partial charge in [0, 0.05) is 24.2 Å². The summed E-state index contributed by atoms with van der Waals surface area (Å²) in [7, 11) is 2.87. The Bertz CT molecular complexity index is 842. The van der Waals surface area contributed by atoms with Gasteiger partial charge >= 0.3 is 6.18 Å². The third-order valence-electron chi connectivity index (χ3n) is 4.43. The minimum Gasteiger partial charge on any atom is -0.496 e. The Labute approximate surface area is 159 Å². The lowest BCUT2D eigenvalue weighted by atomic mass is 10.1. The van der Waals surface area contributed by atoms with Crippen LogP contribution in [0.1, 0.15) is 27.3 Å². The van der Waals surface area contributed by atoms with E-state index in [2.05, 4.69) is 10.4 Å². The Kier molecular flexibility index (Phi) is 5.78. The monoisotopic (exact) mass is 399 g/mol. The molecule has 2 aromatic rings. The number of rotatable bonds is 6. The van der Waals surface area contributed by atoms with Crippen molar-refractivity contribution < 1.29 is 32.2 Å². The number of carbonyl (C=O) groups is 1. The molecule has 0 bridgehead atoms. The number of alkyl halides is 3. The predicted molar refractivity (Wildman–Crippen MR) is 92.5 cm³/mol. The van der Waals surface area contributed by atoms with Crippen LogP contribution in [0.15, 0.2) is 18.2 Å². The maximum atomic E-state index is 13.2. The highest BCUT2D eigenvalue weighted by atomic mass is 19.4. The lowest BCUT2D eigenvalue weighted by Crippen LogP contribution is -2.29. The smallest absolute Gasteiger partial charge is 0.435 e. The first kappa shape index (κ1) is 20.0. The molecule has 10 heteroatoms. The van der Waals surface area contributed by atoms with E-state index < -0.39 is 17.8 Å². The van der Waals surface area contributed by atoms with Gasteiger partial charge < -0.3 is 19.5 Å². The van der Waals surface area contributed by atoms with Gasteiger partial charge in [-0.25, -0.2) is 0 Å². The van der Waals surface area contributed by atoms with Crippen LogP contribution in [0.2, 0.25) is 0 Å². The molecule has 152 valence electrons. The summed E-state index contributed by atoms with van der Waals surface area (Å²) >= 11 is 0. The number of benzene rings is 1. The van der Waals surface area contributed by atoms with Crippen molar-refractivity contribution in [2.45, 2.75) is 25.7 Å². The van der Waals surface area contributed by atoms with Gasteiger partial charge in [0.15, 0.2) is 5.69 Å². The second kappa shape index (κ2) is 8.09. The van der Waals surface area contributed by atoms with E-state index in [1.807, 2.05) is 0 Å². The fourth-order valence-electron chi connectivity index (χ4n) is 3.16. The Balaban J connectivity index is 1.74. The Hall–Kier alpha value is -2.75. The molecule has 0 unspecified atom stereocenters. The number of carbonyl (C=O) groups excluding carboxylic acids is 1. The Morgan fingerprint density at radius 3 is 2.57 bits per heavy atom. The number of amides is 1. The zero-order valence-electron chi connectivity index (χ0n) is 15.4. The second-order valence-electron chi connectivity index (χ2n) is 6.09. The van der Waals surface area contributed by atoms with E-state index in [9.17, 15) is 18.0 Å². The molecule has 1 aliphatic rings. The molecule has 1 N–H and O–H groups in total. The summed E-state index contributed by atoms with van der Waals surface area (Å²) in [6.07, 6.45) is -4.21. The first-order valence-corrected chi connectivity index (χ1v) is 8.59. The van der Waals surface area contributed by atoms with Crippen LogP contribution in [0, 0.1) is 0 Å². The summed E-state index contributed by atoms with van der Waals surface area (Å²) in [4.78, 5) is 12.5. The molecular weight excluding hydrogens is 379 g/mol. The topological polar surface area (TPSA) is 74.6 Å². The van der Waals surface area contributed by atoms with Crippen molar-refractivity contribution in [3.63, 3.8) is 0 Å². The summed E-state index contributed by atoms with van der Waals surface area (Å²) in [6, 6.07) is 4.93. The van der Waals surface area contributed by atoms with Crippen LogP contribution in [0.5, 0.6) is 11.5 Å². The molecule has 28 heavy (non-hydrogen) atoms. The lowest BCUT2D eigenvalue weighted by molar-refractivity contribution is -0.142. The van der Waals surface area contributed by atoms with Crippen molar-refractivity contribution in [3.8, 4) is 11.5 Å². The van der Waals surface area contributed by atoms with E-state index in [1.165, 1.54) is 18.9 Å². The van der Waals surface area contributed by atoms with Crippen molar-refractivity contribution >= 4 is 5.91 Å². The van der Waals surface area contributed by atoms with Crippen LogP contribution in [0.4, 0.5) is 13.2 Å². The number of nitrogens with zero attached hydrogens (tertiary/aromatic N) is 2. The molecule has 0 spiro atoms. The van der Waals surface area contributed by atoms with Crippen molar-refractivity contribution in [3.05, 3.63) is 40.7 Å². The molecule has 1 aromatic carbocycles. The molecule has 0 atom stereocenters. The number of aromatic nitrogens is 2. The molecule has 0 radical (unpaired) electrons. The summed E-state index contributed by atoms with van der Waals surface area (Å²) < 4.78 is 56.4. The van der Waals surface area contributed by atoms with Gasteiger partial charge in [-0.05, 0) is 12.1 Å². The molecule has 0 saturated carbocycles. The maximum absolute atomic E-state index is 13.2. The lowest BCUT2D eigenvalue weighted by Gasteiger charge is -2.16. The molecule has 0 saturated heterocycles. The van der Waals surface area contributed by atoms with Crippen molar-refractivity contribution in [2.24, 2.45) is 0 Å². The van der Waals surface area contributed by atoms with Crippen molar-refractivity contribution in [1.82, 2.24) is 15.1 Å². The van der Waals surface area contributed by atoms with Crippen LogP contribution >= 0.6 is 0 Å². The zero-order valence-corrected chi connectivity index (χ0v) is 15.4. The fraction of sp³-hybridized carbons (Fsp3) is 0.444. The second-order valence-corrected chi connectivity index (χ2v) is 6.09. The molecule has 1 aliphatic heterocycles. The number of hydrogen-bond donors (Lipinski definition) is 1. The molecule has 3 rings (SSSR count). The van der Waals surface area contributed by atoms with Gasteiger partial charge in [0.25, 0.3) is 5.91 Å². The third kappa shape index (κ3) is 3.91. The van der Waals surface area contributed by atoms with E-state index in [1.54, 1.807) is 18.2 Å². The Morgan fingerprint density at radius 2 is 1.96 bits per heavy atom. The summed E-state index contributed by atoms with van der Waals surface area (Å²) in [5.41, 5.74) is -0.154. The predicted octanol–water partition coefficient (Wildman–Crippen LogP) is 2.42. The van der Waals surface area contributed by atoms with Gasteiger partial charge in [-0.2, -0.15) is 18.3 Å². The van der Waals surface area contributed by atoms with Crippen LogP contribution in [-0.4, -0.2) is 43.1 Å². The molecule has 1 aromatic heterocycles. The SMILES string of the molecule is COc1cccc(OC)c1C(=O)NCCn1nc(C(F)(F)F)c2c1CCOC2. The van der Waals surface area contributed by atoms with Gasteiger partial charge in [0.1, 0.15) is 17.1 Å². The largest absolute Gasteiger partial charge is 0.496 e. The number of ether oxygens (including phenoxy) is 3. The van der Waals surface area contributed by atoms with E-state index >= 15 is 0 Å². The number of halogens is 3. The number of methoxy groups -OCH3 is 2. The van der Waals surface area contributed by atoms with Crippen LogP contribution < -0.4 is 14.8 Å². The van der Waals surface area contributed by atoms with E-state index in [0.717, 1.165) is 0 Å². The quantitative estimate of drug-likeness (QED) is 0.808. The number of fused-ring (bicyclic) bond motifs is 1. The first-order valence-electron chi connectivity index (χ1n) is 8.59. The fourth-order valence-corrected chi connectivity index (χ4v) is 3.16. The van der Waals surface area contributed by atoms with E-state index in [0.29, 0.717) is 30.2 Å². The molecule has 0 fully saturated rings. The average molecular weight is 399 g/mol. The van der Waals surface area contributed by atoms with Gasteiger partial charge in [0.05, 0.1) is 34.0 Å². The first-order chi connectivity index (χ1) is 13.4. The van der Waals surface area contributed by atoms with Gasteiger partial charge in [0.2, 0.25) is 0 Å². The highest BCUT2D eigenvalue weighted by molar-refractivity contribution is 5.99. The third-order valence-corrected chi connectivity index (χ3v) is 4.43. The summed E-state index contributed by atoms with van der Waals surface area (Å²) in [5.74, 6) is 0.226. The van der Waals surface area contributed by atoms with Crippen molar-refractivity contribution in [1.29, 1.82) is 0 Å². The van der Waals surface area contributed by atoms with Crippen LogP contribution in [-0.2, 0) is 30.5 Å². The minimum absolute atomic E-state index is 0.0662. The molecular formula is C18H20F3N3O4. The highest BCUT2D eigenvalue weighted by Crippen LogP contribution is 2.34. The molecule has 0 aliphatic carbocycles. The normalized spacial score (nSPS) is 13.8. The van der Waals surface area contributed by atoms with E-state index in [-0.39, 0.29) is 30.8 Å². The summed E-state index contributed by atoms with van der Waals surface area (Å²) in [5, 5.41) is 6.39. The molecule has 2 heterocycles.